The SMILES string of the molecule is COc1ccc(C(=O)N(C)CCBr)c(O)c1. The molecule has 0 radical (unpaired) electrons. The molecule has 0 spiro atoms. The predicted molar refractivity (Wildman–Crippen MR) is 65.4 cm³/mol. The Morgan fingerprint density at radius 1 is 1.56 bits per heavy atom. The number of alkyl halides is 1. The number of hydrogen-bond donors (Lipinski definition) is 1. The van der Waals surface area contributed by atoms with Gasteiger partial charge in [0.25, 0.3) is 5.91 Å². The van der Waals surface area contributed by atoms with Crippen molar-refractivity contribution >= 4 is 21.8 Å². The Bertz CT molecular complexity index is 381. The largest absolute Gasteiger partial charge is 0.507 e. The van der Waals surface area contributed by atoms with Gasteiger partial charge in [-0.2, -0.15) is 0 Å². The van der Waals surface area contributed by atoms with Crippen LogP contribution in [0.4, 0.5) is 0 Å². The van der Waals surface area contributed by atoms with Crippen molar-refractivity contribution in [2.45, 2.75) is 0 Å². The lowest BCUT2D eigenvalue weighted by Crippen LogP contribution is -2.28. The van der Waals surface area contributed by atoms with Crippen LogP contribution in [-0.2, 0) is 0 Å². The zero-order chi connectivity index (χ0) is 12.1. The van der Waals surface area contributed by atoms with Gasteiger partial charge in [-0.05, 0) is 12.1 Å². The van der Waals surface area contributed by atoms with Crippen LogP contribution in [0.1, 0.15) is 10.4 Å². The monoisotopic (exact) mass is 287 g/mol. The van der Waals surface area contributed by atoms with Crippen molar-refractivity contribution < 1.29 is 14.6 Å². The number of benzene rings is 1. The number of aromatic hydroxyl groups is 1. The first-order valence-corrected chi connectivity index (χ1v) is 5.90. The van der Waals surface area contributed by atoms with E-state index in [0.717, 1.165) is 0 Å². The number of ether oxygens (including phenoxy) is 1. The van der Waals surface area contributed by atoms with E-state index >= 15 is 0 Å². The number of carbonyl (C=O) groups is 1. The quantitative estimate of drug-likeness (QED) is 0.860. The average Bonchev–Trinajstić information content (AvgIpc) is 2.28. The maximum atomic E-state index is 11.9. The van der Waals surface area contributed by atoms with Crippen molar-refractivity contribution in [3.05, 3.63) is 23.8 Å². The lowest BCUT2D eigenvalue weighted by molar-refractivity contribution is 0.0801. The van der Waals surface area contributed by atoms with E-state index in [2.05, 4.69) is 15.9 Å². The fraction of sp³-hybridized carbons (Fsp3) is 0.364. The van der Waals surface area contributed by atoms with Crippen molar-refractivity contribution in [1.82, 2.24) is 4.90 Å². The molecule has 88 valence electrons. The third-order valence-electron chi connectivity index (χ3n) is 2.20. The van der Waals surface area contributed by atoms with Gasteiger partial charge >= 0.3 is 0 Å². The van der Waals surface area contributed by atoms with Gasteiger partial charge in [0.15, 0.2) is 0 Å². The molecule has 0 heterocycles. The van der Waals surface area contributed by atoms with Crippen LogP contribution in [0.15, 0.2) is 18.2 Å². The van der Waals surface area contributed by atoms with Gasteiger partial charge in [-0.3, -0.25) is 4.79 Å². The van der Waals surface area contributed by atoms with Gasteiger partial charge in [0, 0.05) is 25.0 Å². The molecule has 1 aromatic carbocycles. The second-order valence-corrected chi connectivity index (χ2v) is 4.09. The maximum Gasteiger partial charge on any atom is 0.257 e. The second kappa shape index (κ2) is 5.75. The van der Waals surface area contributed by atoms with Crippen LogP contribution in [0.2, 0.25) is 0 Å². The minimum atomic E-state index is -0.209. The molecule has 1 rings (SSSR count). The van der Waals surface area contributed by atoms with Crippen LogP contribution in [0.5, 0.6) is 11.5 Å². The van der Waals surface area contributed by atoms with Crippen LogP contribution in [0, 0.1) is 0 Å². The molecule has 0 aliphatic rings. The Morgan fingerprint density at radius 3 is 2.75 bits per heavy atom. The molecule has 1 N–H and O–H groups in total. The van der Waals surface area contributed by atoms with Gasteiger partial charge < -0.3 is 14.7 Å². The van der Waals surface area contributed by atoms with Crippen molar-refractivity contribution in [1.29, 1.82) is 0 Å². The fourth-order valence-corrected chi connectivity index (χ4v) is 1.79. The van der Waals surface area contributed by atoms with Crippen molar-refractivity contribution in [3.63, 3.8) is 0 Å². The number of phenols is 1. The van der Waals surface area contributed by atoms with E-state index in [0.29, 0.717) is 17.6 Å². The summed E-state index contributed by atoms with van der Waals surface area (Å²) < 4.78 is 4.95. The second-order valence-electron chi connectivity index (χ2n) is 3.30. The molecule has 16 heavy (non-hydrogen) atoms. The molecule has 0 bridgehead atoms. The van der Waals surface area contributed by atoms with E-state index in [1.165, 1.54) is 18.1 Å². The Labute approximate surface area is 103 Å². The Morgan fingerprint density at radius 2 is 2.25 bits per heavy atom. The predicted octanol–water partition coefficient (Wildman–Crippen LogP) is 1.87. The molecular formula is C11H14BrNO3. The first kappa shape index (κ1) is 12.8. The number of rotatable bonds is 4. The van der Waals surface area contributed by atoms with E-state index in [-0.39, 0.29) is 17.2 Å². The van der Waals surface area contributed by atoms with Crippen molar-refractivity contribution in [2.75, 3.05) is 26.0 Å². The number of hydrogen-bond acceptors (Lipinski definition) is 3. The van der Waals surface area contributed by atoms with E-state index < -0.39 is 0 Å². The molecule has 0 saturated carbocycles. The van der Waals surface area contributed by atoms with Crippen molar-refractivity contribution in [3.8, 4) is 11.5 Å². The number of nitrogens with zero attached hydrogens (tertiary/aromatic N) is 1. The Hall–Kier alpha value is -1.23. The summed E-state index contributed by atoms with van der Waals surface area (Å²) >= 11 is 3.26. The zero-order valence-electron chi connectivity index (χ0n) is 9.24. The van der Waals surface area contributed by atoms with Gasteiger partial charge in [-0.1, -0.05) is 15.9 Å². The minimum absolute atomic E-state index is 0.0641. The molecule has 0 saturated heterocycles. The van der Waals surface area contributed by atoms with Crippen molar-refractivity contribution in [2.24, 2.45) is 0 Å². The summed E-state index contributed by atoms with van der Waals surface area (Å²) in [7, 11) is 3.19. The molecule has 1 aromatic rings. The highest BCUT2D eigenvalue weighted by Crippen LogP contribution is 2.24. The summed E-state index contributed by atoms with van der Waals surface area (Å²) in [6, 6.07) is 4.63. The lowest BCUT2D eigenvalue weighted by atomic mass is 10.1. The number of halogens is 1. The first-order valence-electron chi connectivity index (χ1n) is 4.78. The van der Waals surface area contributed by atoms with Gasteiger partial charge in [-0.15, -0.1) is 0 Å². The molecule has 0 aromatic heterocycles. The summed E-state index contributed by atoms with van der Waals surface area (Å²) in [5.74, 6) is 0.252. The third kappa shape index (κ3) is 2.88. The molecule has 0 fully saturated rings. The summed E-state index contributed by atoms with van der Waals surface area (Å²) in [6.45, 7) is 0.588. The number of carbonyl (C=O) groups excluding carboxylic acids is 1. The van der Waals surface area contributed by atoms with Crippen LogP contribution in [-0.4, -0.2) is 41.9 Å². The molecule has 0 unspecified atom stereocenters. The average molecular weight is 288 g/mol. The Balaban J connectivity index is 2.91. The zero-order valence-corrected chi connectivity index (χ0v) is 10.8. The van der Waals surface area contributed by atoms with Gasteiger partial charge in [0.05, 0.1) is 12.7 Å². The maximum absolute atomic E-state index is 11.9. The summed E-state index contributed by atoms with van der Waals surface area (Å²) in [6.07, 6.45) is 0. The van der Waals surface area contributed by atoms with E-state index in [1.807, 2.05) is 0 Å². The highest BCUT2D eigenvalue weighted by Gasteiger charge is 2.15. The molecule has 0 aliphatic carbocycles. The van der Waals surface area contributed by atoms with Crippen LogP contribution >= 0.6 is 15.9 Å². The highest BCUT2D eigenvalue weighted by atomic mass is 79.9. The van der Waals surface area contributed by atoms with Crippen LogP contribution < -0.4 is 4.74 Å². The summed E-state index contributed by atoms with van der Waals surface area (Å²) in [4.78, 5) is 13.4. The number of amides is 1. The molecule has 1 amide bonds. The smallest absolute Gasteiger partial charge is 0.257 e. The lowest BCUT2D eigenvalue weighted by Gasteiger charge is -2.16. The number of phenolic OH excluding ortho intramolecular Hbond substituents is 1. The minimum Gasteiger partial charge on any atom is -0.507 e. The van der Waals surface area contributed by atoms with Crippen LogP contribution in [0.3, 0.4) is 0 Å². The molecule has 0 atom stereocenters. The fourth-order valence-electron chi connectivity index (χ4n) is 1.25. The first-order chi connectivity index (χ1) is 7.60. The standard InChI is InChI=1S/C11H14BrNO3/c1-13(6-5-12)11(15)9-4-3-8(16-2)7-10(9)14/h3-4,7,14H,5-6H2,1-2H3. The summed E-state index contributed by atoms with van der Waals surface area (Å²) in [5.41, 5.74) is 0.282. The molecular weight excluding hydrogens is 274 g/mol. The molecule has 5 heteroatoms. The van der Waals surface area contributed by atoms with E-state index in [1.54, 1.807) is 19.2 Å². The highest BCUT2D eigenvalue weighted by molar-refractivity contribution is 9.09. The third-order valence-corrected chi connectivity index (χ3v) is 2.56. The van der Waals surface area contributed by atoms with Gasteiger partial charge in [-0.25, -0.2) is 0 Å². The number of methoxy groups -OCH3 is 1. The van der Waals surface area contributed by atoms with Gasteiger partial charge in [0.1, 0.15) is 11.5 Å². The van der Waals surface area contributed by atoms with Gasteiger partial charge in [0.2, 0.25) is 0 Å². The normalized spacial score (nSPS) is 9.94. The molecule has 4 nitrogen and oxygen atoms in total. The topological polar surface area (TPSA) is 49.8 Å². The summed E-state index contributed by atoms with van der Waals surface area (Å²) in [5, 5.41) is 10.4. The van der Waals surface area contributed by atoms with E-state index in [4.69, 9.17) is 4.74 Å². The van der Waals surface area contributed by atoms with E-state index in [9.17, 15) is 9.90 Å². The Kier molecular flexibility index (Phi) is 4.61. The van der Waals surface area contributed by atoms with Crippen LogP contribution in [0.25, 0.3) is 0 Å². The molecule has 0 aliphatic heterocycles.